The number of aromatic nitrogens is 2. The van der Waals surface area contributed by atoms with Gasteiger partial charge in [-0.2, -0.15) is 0 Å². The predicted octanol–water partition coefficient (Wildman–Crippen LogP) is 3.62. The molecule has 9 nitrogen and oxygen atoms in total. The summed E-state index contributed by atoms with van der Waals surface area (Å²) in [7, 11) is 2.06. The van der Waals surface area contributed by atoms with Crippen LogP contribution in [-0.2, 0) is 0 Å². The van der Waals surface area contributed by atoms with Gasteiger partial charge in [-0.3, -0.25) is 10.1 Å². The molecule has 0 radical (unpaired) electrons. The van der Waals surface area contributed by atoms with E-state index < -0.39 is 4.92 Å². The van der Waals surface area contributed by atoms with Crippen LogP contribution in [-0.4, -0.2) is 59.6 Å². The van der Waals surface area contributed by atoms with Crippen LogP contribution in [0.2, 0.25) is 0 Å². The van der Waals surface area contributed by atoms with Gasteiger partial charge in [0.05, 0.1) is 17.3 Å². The van der Waals surface area contributed by atoms with Gasteiger partial charge >= 0.3 is 5.88 Å². The number of anilines is 2. The number of halogens is 1. The fourth-order valence-electron chi connectivity index (χ4n) is 3.51. The predicted molar refractivity (Wildman–Crippen MR) is 118 cm³/mol. The summed E-state index contributed by atoms with van der Waals surface area (Å²) < 4.78 is 20.1. The third-order valence-electron chi connectivity index (χ3n) is 5.16. The number of benzene rings is 1. The Labute approximate surface area is 178 Å². The maximum absolute atomic E-state index is 14.9. The summed E-state index contributed by atoms with van der Waals surface area (Å²) in [6, 6.07) is 6.00. The van der Waals surface area contributed by atoms with Gasteiger partial charge in [0.1, 0.15) is 22.3 Å². The van der Waals surface area contributed by atoms with Crippen LogP contribution in [0.15, 0.2) is 28.7 Å². The molecular weight excluding hydrogens is 403 g/mol. The van der Waals surface area contributed by atoms with E-state index in [1.807, 2.05) is 11.8 Å². The molecule has 0 spiro atoms. The molecule has 3 aromatic rings. The second kappa shape index (κ2) is 8.68. The third-order valence-corrected chi connectivity index (χ3v) is 5.16. The van der Waals surface area contributed by atoms with Gasteiger partial charge in [0.15, 0.2) is 5.82 Å². The Hall–Kier alpha value is -3.53. The number of likely N-dealkylation sites (N-methyl/N-ethyl adjacent to an activating group) is 1. The molecule has 0 unspecified atom stereocenters. The quantitative estimate of drug-likeness (QED) is 0.471. The first-order valence-electron chi connectivity index (χ1n) is 10.1. The van der Waals surface area contributed by atoms with E-state index in [1.54, 1.807) is 18.2 Å². The van der Waals surface area contributed by atoms with Crippen molar-refractivity contribution in [3.05, 3.63) is 51.8 Å². The Balaban J connectivity index is 1.69. The van der Waals surface area contributed by atoms with Crippen molar-refractivity contribution in [2.24, 2.45) is 0 Å². The number of nitro groups is 1. The Morgan fingerprint density at radius 2 is 2.00 bits per heavy atom. The highest BCUT2D eigenvalue weighted by molar-refractivity contribution is 5.93. The van der Waals surface area contributed by atoms with Crippen LogP contribution >= 0.6 is 0 Å². The molecule has 1 saturated heterocycles. The topological polar surface area (TPSA) is 101 Å². The number of nitrogens with zero attached hydrogens (tertiary/aromatic N) is 5. The SMILES string of the molecule is CCNc1nc(/C=C/c2ccc([N+](=O)[O-])o2)nc2cc(F)c(N3CCN(C)CC3)cc12. The normalized spacial score (nSPS) is 15.1. The van der Waals surface area contributed by atoms with Crippen LogP contribution in [0, 0.1) is 15.9 Å². The van der Waals surface area contributed by atoms with E-state index in [4.69, 9.17) is 4.42 Å². The first-order valence-corrected chi connectivity index (χ1v) is 10.1. The molecular formula is C21H23FN6O3. The number of piperazine rings is 1. The Morgan fingerprint density at radius 3 is 2.68 bits per heavy atom. The zero-order chi connectivity index (χ0) is 22.0. The third kappa shape index (κ3) is 4.48. The van der Waals surface area contributed by atoms with Gasteiger partial charge in [0.2, 0.25) is 0 Å². The molecule has 1 aliphatic rings. The fraction of sp³-hybridized carbons (Fsp3) is 0.333. The van der Waals surface area contributed by atoms with Crippen LogP contribution in [0.1, 0.15) is 18.5 Å². The van der Waals surface area contributed by atoms with Crippen molar-refractivity contribution >= 4 is 40.4 Å². The minimum atomic E-state index is -0.603. The molecule has 2 aromatic heterocycles. The van der Waals surface area contributed by atoms with E-state index in [1.165, 1.54) is 18.2 Å². The molecule has 3 heterocycles. The van der Waals surface area contributed by atoms with E-state index in [0.29, 0.717) is 35.2 Å². The van der Waals surface area contributed by atoms with Gasteiger partial charge in [0.25, 0.3) is 0 Å². The summed E-state index contributed by atoms with van der Waals surface area (Å²) in [5.41, 5.74) is 1.03. The smallest absolute Gasteiger partial charge is 0.401 e. The highest BCUT2D eigenvalue weighted by atomic mass is 19.1. The van der Waals surface area contributed by atoms with Gasteiger partial charge in [-0.1, -0.05) is 0 Å². The number of rotatable bonds is 6. The summed E-state index contributed by atoms with van der Waals surface area (Å²) in [6.07, 6.45) is 3.12. The van der Waals surface area contributed by atoms with Crippen LogP contribution in [0.4, 0.5) is 21.8 Å². The lowest BCUT2D eigenvalue weighted by Crippen LogP contribution is -2.44. The van der Waals surface area contributed by atoms with Crippen molar-refractivity contribution in [2.75, 3.05) is 50.0 Å². The standard InChI is InChI=1S/C21H23FN6O3/c1-3-23-21-15-12-18(27-10-8-26(2)9-11-27)16(22)13-17(15)24-19(25-21)6-4-14-5-7-20(31-14)28(29)30/h4-7,12-13H,3,8-11H2,1-2H3,(H,23,24,25)/b6-4+. The molecule has 4 rings (SSSR count). The number of hydrogen-bond acceptors (Lipinski definition) is 8. The molecule has 1 N–H and O–H groups in total. The van der Waals surface area contributed by atoms with E-state index in [-0.39, 0.29) is 11.7 Å². The molecule has 0 saturated carbocycles. The van der Waals surface area contributed by atoms with Crippen molar-refractivity contribution in [3.63, 3.8) is 0 Å². The molecule has 0 bridgehead atoms. The minimum Gasteiger partial charge on any atom is -0.401 e. The summed E-state index contributed by atoms with van der Waals surface area (Å²) in [5, 5.41) is 14.7. The second-order valence-electron chi connectivity index (χ2n) is 7.34. The van der Waals surface area contributed by atoms with Gasteiger partial charge in [-0.15, -0.1) is 0 Å². The number of fused-ring (bicyclic) bond motifs is 1. The summed E-state index contributed by atoms with van der Waals surface area (Å²) in [5.74, 6) is 0.583. The summed E-state index contributed by atoms with van der Waals surface area (Å²) in [6.45, 7) is 5.86. The Bertz CT molecular complexity index is 1140. The zero-order valence-corrected chi connectivity index (χ0v) is 17.3. The number of furan rings is 1. The maximum Gasteiger partial charge on any atom is 0.433 e. The first kappa shape index (κ1) is 20.7. The number of nitrogens with one attached hydrogen (secondary N) is 1. The van der Waals surface area contributed by atoms with Gasteiger partial charge in [-0.25, -0.2) is 14.4 Å². The van der Waals surface area contributed by atoms with Crippen molar-refractivity contribution in [3.8, 4) is 0 Å². The molecule has 0 atom stereocenters. The van der Waals surface area contributed by atoms with Crippen LogP contribution in [0.25, 0.3) is 23.1 Å². The highest BCUT2D eigenvalue weighted by Crippen LogP contribution is 2.30. The summed E-state index contributed by atoms with van der Waals surface area (Å²) in [4.78, 5) is 23.4. The van der Waals surface area contributed by atoms with Crippen molar-refractivity contribution in [1.29, 1.82) is 0 Å². The lowest BCUT2D eigenvalue weighted by Gasteiger charge is -2.34. The van der Waals surface area contributed by atoms with Crippen LogP contribution < -0.4 is 10.2 Å². The molecule has 1 aliphatic heterocycles. The average molecular weight is 426 g/mol. The van der Waals surface area contributed by atoms with Crippen LogP contribution in [0.5, 0.6) is 0 Å². The average Bonchev–Trinajstić information content (AvgIpc) is 3.22. The monoisotopic (exact) mass is 426 g/mol. The van der Waals surface area contributed by atoms with Gasteiger partial charge < -0.3 is 19.5 Å². The van der Waals surface area contributed by atoms with Crippen molar-refractivity contribution in [1.82, 2.24) is 14.9 Å². The van der Waals surface area contributed by atoms with Crippen LogP contribution in [0.3, 0.4) is 0 Å². The molecule has 0 aliphatic carbocycles. The second-order valence-corrected chi connectivity index (χ2v) is 7.34. The number of hydrogen-bond donors (Lipinski definition) is 1. The lowest BCUT2D eigenvalue weighted by molar-refractivity contribution is -0.402. The molecule has 0 amide bonds. The molecule has 10 heteroatoms. The first-order chi connectivity index (χ1) is 14.9. The highest BCUT2D eigenvalue weighted by Gasteiger charge is 2.20. The fourth-order valence-corrected chi connectivity index (χ4v) is 3.51. The summed E-state index contributed by atoms with van der Waals surface area (Å²) >= 11 is 0. The Kier molecular flexibility index (Phi) is 5.81. The van der Waals surface area contributed by atoms with E-state index >= 15 is 0 Å². The van der Waals surface area contributed by atoms with E-state index in [2.05, 4.69) is 27.2 Å². The lowest BCUT2D eigenvalue weighted by atomic mass is 10.1. The van der Waals surface area contributed by atoms with Gasteiger partial charge in [0, 0.05) is 44.2 Å². The minimum absolute atomic E-state index is 0.303. The molecule has 162 valence electrons. The van der Waals surface area contributed by atoms with Crippen molar-refractivity contribution < 1.29 is 13.7 Å². The van der Waals surface area contributed by atoms with Crippen molar-refractivity contribution in [2.45, 2.75) is 6.92 Å². The van der Waals surface area contributed by atoms with E-state index in [9.17, 15) is 14.5 Å². The van der Waals surface area contributed by atoms with E-state index in [0.717, 1.165) is 31.6 Å². The van der Waals surface area contributed by atoms with Gasteiger partial charge in [-0.05, 0) is 38.3 Å². The Morgan fingerprint density at radius 1 is 1.23 bits per heavy atom. The maximum atomic E-state index is 14.9. The zero-order valence-electron chi connectivity index (χ0n) is 17.3. The molecule has 31 heavy (non-hydrogen) atoms. The molecule has 1 fully saturated rings. The molecule has 1 aromatic carbocycles. The largest absolute Gasteiger partial charge is 0.433 e.